The number of carbonyl (C=O) groups is 1. The number of piperazine rings is 1. The van der Waals surface area contributed by atoms with Crippen molar-refractivity contribution in [2.75, 3.05) is 25.0 Å². The van der Waals surface area contributed by atoms with Gasteiger partial charge in [-0.15, -0.1) is 11.3 Å². The first-order valence-corrected chi connectivity index (χ1v) is 16.0. The van der Waals surface area contributed by atoms with Gasteiger partial charge in [-0.05, 0) is 54.6 Å². The van der Waals surface area contributed by atoms with Crippen molar-refractivity contribution >= 4 is 54.9 Å². The first-order valence-electron chi connectivity index (χ1n) is 13.7. The maximum Gasteiger partial charge on any atom is 0.413 e. The third kappa shape index (κ3) is 5.26. The maximum atomic E-state index is 13.5. The fourth-order valence-electron chi connectivity index (χ4n) is 5.61. The molecule has 0 saturated carbocycles. The van der Waals surface area contributed by atoms with E-state index in [-0.39, 0.29) is 17.3 Å². The molecule has 1 unspecified atom stereocenters. The number of carbonyl (C=O) groups excluding carboxylic acids is 1. The zero-order chi connectivity index (χ0) is 28.6. The number of nitrogens with zero attached hydrogens (tertiary/aromatic N) is 3. The number of thiophene rings is 1. The van der Waals surface area contributed by atoms with Gasteiger partial charge in [-0.2, -0.15) is 4.31 Å². The molecule has 41 heavy (non-hydrogen) atoms. The number of benzene rings is 2. The van der Waals surface area contributed by atoms with E-state index in [9.17, 15) is 13.2 Å². The molecule has 3 aromatic heterocycles. The minimum absolute atomic E-state index is 0.194. The highest BCUT2D eigenvalue weighted by atomic mass is 32.2. The lowest BCUT2D eigenvalue weighted by molar-refractivity contribution is -0.0188. The molecule has 2 aromatic carbocycles. The van der Waals surface area contributed by atoms with E-state index >= 15 is 0 Å². The predicted molar refractivity (Wildman–Crippen MR) is 161 cm³/mol. The number of hydrogen-bond acceptors (Lipinski definition) is 7. The van der Waals surface area contributed by atoms with Crippen LogP contribution in [0.25, 0.3) is 21.8 Å². The molecule has 0 bridgehead atoms. The largest absolute Gasteiger partial charge is 0.472 e. The van der Waals surface area contributed by atoms with Gasteiger partial charge in [0.1, 0.15) is 4.21 Å². The second-order valence-electron chi connectivity index (χ2n) is 10.0. The minimum Gasteiger partial charge on any atom is -0.472 e. The van der Waals surface area contributed by atoms with Crippen LogP contribution < -0.4 is 5.32 Å². The number of sulfonamides is 1. The Hall–Kier alpha value is -3.64. The topological polar surface area (TPSA) is 97.0 Å². The van der Waals surface area contributed by atoms with Gasteiger partial charge < -0.3 is 13.7 Å². The van der Waals surface area contributed by atoms with Crippen LogP contribution in [0.1, 0.15) is 25.0 Å². The van der Waals surface area contributed by atoms with E-state index < -0.39 is 22.3 Å². The first kappa shape index (κ1) is 27.5. The van der Waals surface area contributed by atoms with E-state index in [2.05, 4.69) is 40.8 Å². The summed E-state index contributed by atoms with van der Waals surface area (Å²) < 4.78 is 42.0. The van der Waals surface area contributed by atoms with E-state index in [1.165, 1.54) is 4.31 Å². The molecular formula is C30H32N4O5S2. The Balaban J connectivity index is 1.25. The summed E-state index contributed by atoms with van der Waals surface area (Å²) in [4.78, 5) is 15.3. The van der Waals surface area contributed by atoms with E-state index in [0.29, 0.717) is 18.8 Å². The lowest BCUT2D eigenvalue weighted by Crippen LogP contribution is -2.56. The summed E-state index contributed by atoms with van der Waals surface area (Å²) in [5.74, 6) is 0. The molecule has 1 amide bonds. The number of nitrogens with one attached hydrogen (secondary N) is 1. The minimum atomic E-state index is -3.84. The van der Waals surface area contributed by atoms with Crippen LogP contribution in [0.3, 0.4) is 0 Å². The fourth-order valence-corrected chi connectivity index (χ4v) is 8.22. The van der Waals surface area contributed by atoms with Crippen molar-refractivity contribution < 1.29 is 22.4 Å². The van der Waals surface area contributed by atoms with Gasteiger partial charge in [0.05, 0.1) is 19.1 Å². The Kier molecular flexibility index (Phi) is 7.60. The zero-order valence-electron chi connectivity index (χ0n) is 22.9. The second-order valence-corrected chi connectivity index (χ2v) is 13.1. The Morgan fingerprint density at radius 3 is 2.61 bits per heavy atom. The number of hydrogen-bond donors (Lipinski definition) is 1. The average Bonchev–Trinajstić information content (AvgIpc) is 3.72. The Morgan fingerprint density at radius 1 is 1.02 bits per heavy atom. The van der Waals surface area contributed by atoms with E-state index in [0.717, 1.165) is 57.2 Å². The highest BCUT2D eigenvalue weighted by molar-refractivity contribution is 7.91. The van der Waals surface area contributed by atoms with Crippen LogP contribution in [0, 0.1) is 0 Å². The van der Waals surface area contributed by atoms with Crippen molar-refractivity contribution in [3.05, 3.63) is 83.6 Å². The normalized spacial score (nSPS) is 16.9. The Labute approximate surface area is 243 Å². The monoisotopic (exact) mass is 592 g/mol. The molecule has 1 N–H and O–H groups in total. The number of anilines is 1. The van der Waals surface area contributed by atoms with Crippen molar-refractivity contribution in [3.8, 4) is 0 Å². The van der Waals surface area contributed by atoms with Crippen molar-refractivity contribution in [3.63, 3.8) is 0 Å². The van der Waals surface area contributed by atoms with Gasteiger partial charge in [0.15, 0.2) is 6.23 Å². The highest BCUT2D eigenvalue weighted by Crippen LogP contribution is 2.31. The second kappa shape index (κ2) is 11.3. The van der Waals surface area contributed by atoms with Crippen LogP contribution in [-0.4, -0.2) is 54.1 Å². The van der Waals surface area contributed by atoms with Gasteiger partial charge in [-0.3, -0.25) is 10.2 Å². The molecule has 0 radical (unpaired) electrons. The summed E-state index contributed by atoms with van der Waals surface area (Å²) in [5, 5.41) is 6.69. The molecule has 1 atom stereocenters. The lowest BCUT2D eigenvalue weighted by Gasteiger charge is -2.39. The van der Waals surface area contributed by atoms with E-state index in [1.54, 1.807) is 30.0 Å². The van der Waals surface area contributed by atoms with Crippen LogP contribution >= 0.6 is 11.3 Å². The van der Waals surface area contributed by atoms with Gasteiger partial charge in [-0.1, -0.05) is 31.2 Å². The molecule has 1 saturated heterocycles. The Bertz CT molecular complexity index is 1790. The molecule has 4 heterocycles. The third-order valence-electron chi connectivity index (χ3n) is 7.62. The quantitative estimate of drug-likeness (QED) is 0.233. The van der Waals surface area contributed by atoms with Crippen LogP contribution in [-0.2, 0) is 34.3 Å². The Morgan fingerprint density at radius 2 is 1.83 bits per heavy atom. The molecule has 0 aliphatic carbocycles. The maximum absolute atomic E-state index is 13.5. The van der Waals surface area contributed by atoms with Crippen LogP contribution in [0.15, 0.2) is 81.1 Å². The number of furan rings is 1. The van der Waals surface area contributed by atoms with Crippen molar-refractivity contribution in [1.29, 1.82) is 0 Å². The summed E-state index contributed by atoms with van der Waals surface area (Å²) >= 11 is 1.15. The summed E-state index contributed by atoms with van der Waals surface area (Å²) in [7, 11) is -3.84. The molecule has 1 aliphatic rings. The lowest BCUT2D eigenvalue weighted by atomic mass is 10.1. The molecule has 5 aromatic rings. The SMILES string of the molecule is CCc1cocc1CN1CCN(S(=O)(=O)c2cccs2)C(OC(=O)Nc2ccc3c(c2)c2ccccc2n3CC)C1. The number of fused-ring (bicyclic) bond motifs is 3. The number of rotatable bonds is 8. The predicted octanol–water partition coefficient (Wildman–Crippen LogP) is 6.11. The van der Waals surface area contributed by atoms with E-state index in [1.807, 2.05) is 30.3 Å². The molecule has 6 rings (SSSR count). The summed E-state index contributed by atoms with van der Waals surface area (Å²) in [6.45, 7) is 6.49. The third-order valence-corrected chi connectivity index (χ3v) is 10.9. The molecule has 214 valence electrons. The summed E-state index contributed by atoms with van der Waals surface area (Å²) in [5.41, 5.74) is 4.94. The van der Waals surface area contributed by atoms with Crippen molar-refractivity contribution in [2.24, 2.45) is 0 Å². The standard InChI is InChI=1S/C30H32N4O5S2/c1-3-21-19-38-20-22(21)17-32-13-14-34(41(36,37)29-10-7-15-40-29)28(18-32)39-30(35)31-23-11-12-27-25(16-23)24-8-5-6-9-26(24)33(27)4-2/h5-12,15-16,19-20,28H,3-4,13-14,17-18H2,1-2H3,(H,31,35). The van der Waals surface area contributed by atoms with Crippen LogP contribution in [0.4, 0.5) is 10.5 Å². The fraction of sp³-hybridized carbons (Fsp3) is 0.300. The number of aromatic nitrogens is 1. The van der Waals surface area contributed by atoms with E-state index in [4.69, 9.17) is 9.15 Å². The summed E-state index contributed by atoms with van der Waals surface area (Å²) in [6.07, 6.45) is 2.59. The molecule has 1 aliphatic heterocycles. The number of ether oxygens (including phenoxy) is 1. The molecule has 9 nitrogen and oxygen atoms in total. The zero-order valence-corrected chi connectivity index (χ0v) is 24.6. The average molecular weight is 593 g/mol. The molecule has 11 heteroatoms. The number of aryl methyl sites for hydroxylation is 2. The van der Waals surface area contributed by atoms with Crippen molar-refractivity contribution in [1.82, 2.24) is 13.8 Å². The van der Waals surface area contributed by atoms with Crippen LogP contribution in [0.2, 0.25) is 0 Å². The number of amides is 1. The first-order chi connectivity index (χ1) is 19.9. The van der Waals surface area contributed by atoms with Gasteiger partial charge in [0, 0.05) is 59.2 Å². The summed E-state index contributed by atoms with van der Waals surface area (Å²) in [6, 6.07) is 17.2. The molecule has 1 fully saturated rings. The van der Waals surface area contributed by atoms with Crippen molar-refractivity contribution in [2.45, 2.75) is 43.8 Å². The molecule has 0 spiro atoms. The van der Waals surface area contributed by atoms with Gasteiger partial charge >= 0.3 is 6.09 Å². The smallest absolute Gasteiger partial charge is 0.413 e. The molecular weight excluding hydrogens is 560 g/mol. The van der Waals surface area contributed by atoms with Gasteiger partial charge in [0.25, 0.3) is 10.0 Å². The van der Waals surface area contributed by atoms with Crippen LogP contribution in [0.5, 0.6) is 0 Å². The van der Waals surface area contributed by atoms with Gasteiger partial charge in [0.2, 0.25) is 0 Å². The van der Waals surface area contributed by atoms with Gasteiger partial charge in [-0.25, -0.2) is 13.2 Å². The number of para-hydroxylation sites is 1. The highest BCUT2D eigenvalue weighted by Gasteiger charge is 2.39.